The number of sulfonamides is 1. The zero-order valence-electron chi connectivity index (χ0n) is 24.2. The Labute approximate surface area is 243 Å². The Kier molecular flexibility index (Phi) is 11.2. The van der Waals surface area contributed by atoms with Gasteiger partial charge in [-0.1, -0.05) is 56.3 Å². The van der Waals surface area contributed by atoms with Crippen molar-refractivity contribution in [1.82, 2.24) is 10.2 Å². The van der Waals surface area contributed by atoms with E-state index in [1.54, 1.807) is 62.6 Å². The minimum Gasteiger partial charge on any atom is -0.497 e. The lowest BCUT2D eigenvalue weighted by Gasteiger charge is -2.31. The topological polar surface area (TPSA) is 105 Å². The van der Waals surface area contributed by atoms with Gasteiger partial charge < -0.3 is 19.7 Å². The third-order valence-electron chi connectivity index (χ3n) is 6.42. The van der Waals surface area contributed by atoms with Crippen molar-refractivity contribution in [2.24, 2.45) is 5.92 Å². The molecule has 3 aromatic carbocycles. The van der Waals surface area contributed by atoms with Gasteiger partial charge in [-0.2, -0.15) is 0 Å². The average molecular weight is 582 g/mol. The maximum absolute atomic E-state index is 13.7. The Balaban J connectivity index is 1.81. The van der Waals surface area contributed by atoms with Crippen LogP contribution in [0.4, 0.5) is 5.69 Å². The first kappa shape index (κ1) is 31.5. The van der Waals surface area contributed by atoms with Crippen molar-refractivity contribution in [2.75, 3.05) is 30.8 Å². The van der Waals surface area contributed by atoms with Crippen LogP contribution in [-0.2, 0) is 32.8 Å². The van der Waals surface area contributed by atoms with E-state index in [1.165, 1.54) is 4.90 Å². The Morgan fingerprint density at radius 3 is 2.02 bits per heavy atom. The van der Waals surface area contributed by atoms with Gasteiger partial charge in [0, 0.05) is 13.1 Å². The lowest BCUT2D eigenvalue weighted by Crippen LogP contribution is -2.51. The molecular formula is C31H39N3O6S. The molecule has 10 heteroatoms. The van der Waals surface area contributed by atoms with E-state index in [2.05, 4.69) is 5.32 Å². The predicted molar refractivity (Wildman–Crippen MR) is 160 cm³/mol. The van der Waals surface area contributed by atoms with Gasteiger partial charge >= 0.3 is 0 Å². The van der Waals surface area contributed by atoms with Crippen molar-refractivity contribution in [3.8, 4) is 11.5 Å². The fourth-order valence-corrected chi connectivity index (χ4v) is 4.88. The number of amides is 2. The molecule has 0 heterocycles. The number of nitrogens with one attached hydrogen (secondary N) is 1. The van der Waals surface area contributed by atoms with Crippen LogP contribution in [0.2, 0.25) is 0 Å². The van der Waals surface area contributed by atoms with Crippen LogP contribution >= 0.6 is 0 Å². The van der Waals surface area contributed by atoms with Gasteiger partial charge in [0.1, 0.15) is 30.7 Å². The minimum absolute atomic E-state index is 0.114. The van der Waals surface area contributed by atoms with Crippen molar-refractivity contribution < 1.29 is 27.5 Å². The number of hydrogen-bond acceptors (Lipinski definition) is 6. The maximum atomic E-state index is 13.7. The third kappa shape index (κ3) is 9.53. The molecule has 0 unspecified atom stereocenters. The van der Waals surface area contributed by atoms with E-state index in [4.69, 9.17) is 9.47 Å². The van der Waals surface area contributed by atoms with Crippen LogP contribution in [-0.4, -0.2) is 57.6 Å². The first-order chi connectivity index (χ1) is 19.5. The molecule has 9 nitrogen and oxygen atoms in total. The fourth-order valence-electron chi connectivity index (χ4n) is 4.03. The SMILES string of the molecule is COc1ccc(CN(C(=O)CN(c2ccc(OCc3ccccc3)cc2)S(C)(=O)=O)[C@@H](C)C(=O)NCC(C)C)cc1. The number of ether oxygens (including phenoxy) is 2. The average Bonchev–Trinajstić information content (AvgIpc) is 2.96. The second-order valence-electron chi connectivity index (χ2n) is 10.2. The molecule has 0 bridgehead atoms. The monoisotopic (exact) mass is 581 g/mol. The molecule has 0 saturated heterocycles. The van der Waals surface area contributed by atoms with Crippen molar-refractivity contribution in [1.29, 1.82) is 0 Å². The number of hydrogen-bond donors (Lipinski definition) is 1. The number of benzene rings is 3. The van der Waals surface area contributed by atoms with Crippen LogP contribution in [0.5, 0.6) is 11.5 Å². The van der Waals surface area contributed by atoms with Gasteiger partial charge in [-0.3, -0.25) is 13.9 Å². The van der Waals surface area contributed by atoms with Gasteiger partial charge in [-0.25, -0.2) is 8.42 Å². The zero-order valence-corrected chi connectivity index (χ0v) is 25.1. The van der Waals surface area contributed by atoms with E-state index in [0.717, 1.165) is 21.7 Å². The summed E-state index contributed by atoms with van der Waals surface area (Å²) in [7, 11) is -2.27. The van der Waals surface area contributed by atoms with Crippen molar-refractivity contribution in [3.63, 3.8) is 0 Å². The molecule has 0 aliphatic carbocycles. The highest BCUT2D eigenvalue weighted by atomic mass is 32.2. The molecule has 0 aliphatic rings. The van der Waals surface area contributed by atoms with Crippen LogP contribution in [0.15, 0.2) is 78.9 Å². The van der Waals surface area contributed by atoms with E-state index >= 15 is 0 Å². The Morgan fingerprint density at radius 2 is 1.46 bits per heavy atom. The molecule has 2 amide bonds. The van der Waals surface area contributed by atoms with Gasteiger partial charge in [-0.15, -0.1) is 0 Å². The molecule has 0 aliphatic heterocycles. The predicted octanol–water partition coefficient (Wildman–Crippen LogP) is 4.23. The van der Waals surface area contributed by atoms with E-state index in [9.17, 15) is 18.0 Å². The largest absolute Gasteiger partial charge is 0.497 e. The number of nitrogens with zero attached hydrogens (tertiary/aromatic N) is 2. The molecule has 0 aromatic heterocycles. The summed E-state index contributed by atoms with van der Waals surface area (Å²) in [6.45, 7) is 6.07. The van der Waals surface area contributed by atoms with E-state index in [0.29, 0.717) is 30.3 Å². The van der Waals surface area contributed by atoms with Crippen LogP contribution in [0.1, 0.15) is 31.9 Å². The first-order valence-corrected chi connectivity index (χ1v) is 15.3. The maximum Gasteiger partial charge on any atom is 0.244 e. The van der Waals surface area contributed by atoms with Gasteiger partial charge in [-0.05, 0) is 60.4 Å². The molecular weight excluding hydrogens is 542 g/mol. The summed E-state index contributed by atoms with van der Waals surface area (Å²) < 4.78 is 37.7. The summed E-state index contributed by atoms with van der Waals surface area (Å²) in [5, 5.41) is 2.87. The van der Waals surface area contributed by atoms with Crippen molar-refractivity contribution >= 4 is 27.5 Å². The summed E-state index contributed by atoms with van der Waals surface area (Å²) in [5.41, 5.74) is 2.09. The molecule has 220 valence electrons. The third-order valence-corrected chi connectivity index (χ3v) is 7.56. The number of carbonyl (C=O) groups is 2. The van der Waals surface area contributed by atoms with E-state index in [1.807, 2.05) is 44.2 Å². The molecule has 0 spiro atoms. The number of methoxy groups -OCH3 is 1. The van der Waals surface area contributed by atoms with Crippen LogP contribution in [0, 0.1) is 5.92 Å². The van der Waals surface area contributed by atoms with Gasteiger partial charge in [0.15, 0.2) is 0 Å². The number of rotatable bonds is 14. The Hall–Kier alpha value is -4.05. The van der Waals surface area contributed by atoms with Gasteiger partial charge in [0.2, 0.25) is 21.8 Å². The van der Waals surface area contributed by atoms with Gasteiger partial charge in [0.25, 0.3) is 0 Å². The summed E-state index contributed by atoms with van der Waals surface area (Å²) in [4.78, 5) is 28.1. The highest BCUT2D eigenvalue weighted by Crippen LogP contribution is 2.23. The number of anilines is 1. The lowest BCUT2D eigenvalue weighted by molar-refractivity contribution is -0.139. The van der Waals surface area contributed by atoms with E-state index in [-0.39, 0.29) is 18.4 Å². The summed E-state index contributed by atoms with van der Waals surface area (Å²) in [6.07, 6.45) is 1.05. The van der Waals surface area contributed by atoms with Crippen LogP contribution < -0.4 is 19.1 Å². The molecule has 0 fully saturated rings. The second-order valence-corrected chi connectivity index (χ2v) is 12.1. The molecule has 3 rings (SSSR count). The highest BCUT2D eigenvalue weighted by molar-refractivity contribution is 7.92. The fraction of sp³-hybridized carbons (Fsp3) is 0.355. The van der Waals surface area contributed by atoms with Crippen LogP contribution in [0.3, 0.4) is 0 Å². The molecule has 3 aromatic rings. The van der Waals surface area contributed by atoms with Crippen molar-refractivity contribution in [2.45, 2.75) is 40.0 Å². The normalized spacial score (nSPS) is 12.0. The summed E-state index contributed by atoms with van der Waals surface area (Å²) in [5.74, 6) is 0.634. The molecule has 1 N–H and O–H groups in total. The first-order valence-electron chi connectivity index (χ1n) is 13.4. The number of carbonyl (C=O) groups excluding carboxylic acids is 2. The quantitative estimate of drug-likeness (QED) is 0.306. The molecule has 1 atom stereocenters. The van der Waals surface area contributed by atoms with Crippen LogP contribution in [0.25, 0.3) is 0 Å². The van der Waals surface area contributed by atoms with E-state index < -0.39 is 28.5 Å². The standard InChI is InChI=1S/C31H39N3O6S/c1-23(2)19-32-31(36)24(3)33(20-25-11-15-28(39-4)16-12-25)30(35)21-34(41(5,37)38)27-13-17-29(18-14-27)40-22-26-9-7-6-8-10-26/h6-18,23-24H,19-22H2,1-5H3,(H,32,36)/t24-/m0/s1. The second kappa shape index (κ2) is 14.5. The lowest BCUT2D eigenvalue weighted by atomic mass is 10.1. The Morgan fingerprint density at radius 1 is 0.854 bits per heavy atom. The Bertz CT molecular complexity index is 1380. The molecule has 41 heavy (non-hydrogen) atoms. The molecule has 0 radical (unpaired) electrons. The highest BCUT2D eigenvalue weighted by Gasteiger charge is 2.30. The smallest absolute Gasteiger partial charge is 0.244 e. The van der Waals surface area contributed by atoms with Gasteiger partial charge in [0.05, 0.1) is 19.1 Å². The summed E-state index contributed by atoms with van der Waals surface area (Å²) in [6, 6.07) is 22.5. The zero-order chi connectivity index (χ0) is 30.0. The van der Waals surface area contributed by atoms with Crippen molar-refractivity contribution in [3.05, 3.63) is 90.0 Å². The molecule has 0 saturated carbocycles. The summed E-state index contributed by atoms with van der Waals surface area (Å²) >= 11 is 0. The minimum atomic E-state index is -3.84.